The van der Waals surface area contributed by atoms with Crippen LogP contribution in [0, 0.1) is 36.9 Å². The van der Waals surface area contributed by atoms with Crippen molar-refractivity contribution in [3.8, 4) is 0 Å². The molecule has 0 bridgehead atoms. The quantitative estimate of drug-likeness (QED) is 0.0276. The van der Waals surface area contributed by atoms with Crippen LogP contribution in [-0.4, -0.2) is 240 Å². The van der Waals surface area contributed by atoms with E-state index in [2.05, 4.69) is 21.3 Å². The van der Waals surface area contributed by atoms with Gasteiger partial charge in [0.15, 0.2) is 5.11 Å². The molecule has 1 aliphatic heterocycles. The zero-order valence-electron chi connectivity index (χ0n) is 42.1. The van der Waals surface area contributed by atoms with Gasteiger partial charge >= 0.3 is 53.8 Å². The van der Waals surface area contributed by atoms with E-state index in [1.807, 2.05) is 22.8 Å². The van der Waals surface area contributed by atoms with E-state index in [0.717, 1.165) is 12.0 Å². The fraction of sp³-hybridized carbons (Fsp3) is 0.609. The van der Waals surface area contributed by atoms with Crippen molar-refractivity contribution in [3.63, 3.8) is 0 Å². The van der Waals surface area contributed by atoms with Gasteiger partial charge in [-0.05, 0) is 68.4 Å². The van der Waals surface area contributed by atoms with Gasteiger partial charge in [0, 0.05) is 127 Å². The molecule has 439 valence electrons. The SMILES string of the molecule is O=C(O)CC[C@H](NC(=O)N[C@@H](CCC(=O)N[C@@H](CCC(=O)O)C(=O)NCCCCCCNC(=S)Nc1ccc(CC2CN(CC(=O)O)CCN(CC(=O)O)CCN(CC(=O)O)CCN2CC(=O)O)cc1)C(=O)O)C(=O)O.[Lu]. The van der Waals surface area contributed by atoms with Gasteiger partial charge in [0.25, 0.3) is 0 Å². The summed E-state index contributed by atoms with van der Waals surface area (Å²) in [7, 11) is 0. The number of benzene rings is 1. The molecule has 1 saturated heterocycles. The number of amides is 4. The topological polar surface area (TPSA) is 435 Å². The van der Waals surface area contributed by atoms with E-state index in [1.165, 1.54) is 0 Å². The second-order valence-electron chi connectivity index (χ2n) is 17.9. The second-order valence-corrected chi connectivity index (χ2v) is 18.3. The largest absolute Gasteiger partial charge is 0.481 e. The summed E-state index contributed by atoms with van der Waals surface area (Å²) in [6.45, 7) is 0.332. The van der Waals surface area contributed by atoms with E-state index in [9.17, 15) is 88.5 Å². The maximum atomic E-state index is 13.0. The molecule has 14 N–H and O–H groups in total. The number of nitrogens with zero attached hydrogens (tertiary/aromatic N) is 4. The maximum Gasteiger partial charge on any atom is 0.326 e. The van der Waals surface area contributed by atoms with Gasteiger partial charge in [-0.15, -0.1) is 0 Å². The van der Waals surface area contributed by atoms with Gasteiger partial charge in [-0.3, -0.25) is 58.0 Å². The number of hydrogen-bond acceptors (Lipinski definition) is 16. The third-order valence-electron chi connectivity index (χ3n) is 11.8. The molecule has 4 amide bonds. The standard InChI is InChI=1S/C46H70N10O19S.Lu/c57-35(12-9-33(43(71)72)51-45(75)52-34(44(73)74)11-14-37(60)61)50-32(10-13-36(58)59)42(70)47-15-3-1-2-4-16-48-46(76)49-30-7-5-29(6-8-30)23-31-24-55(27-40(66)67)20-19-53(25-38(62)63)17-18-54(26-39(64)65)21-22-56(31)28-41(68)69;/h5-8,31-34H,1-4,9-28H2,(H,47,70)(H,50,57)(H,58,59)(H,60,61)(H,62,63)(H,64,65)(H,66,67)(H,68,69)(H,71,72)(H,73,74)(H2,48,49,76)(H2,51,52,75);/t31?,32-,33-,34-;/m0./s1. The Balaban J connectivity index is 0.0000296. The number of nitrogens with one attached hydrogen (secondary N) is 6. The minimum atomic E-state index is -1.69. The molecule has 4 atom stereocenters. The Labute approximate surface area is 477 Å². The van der Waals surface area contributed by atoms with Gasteiger partial charge in [0.1, 0.15) is 18.1 Å². The zero-order valence-corrected chi connectivity index (χ0v) is 44.6. The first-order valence-electron chi connectivity index (χ1n) is 24.4. The van der Waals surface area contributed by atoms with Crippen LogP contribution in [0.1, 0.15) is 69.8 Å². The van der Waals surface area contributed by atoms with Gasteiger partial charge in [-0.2, -0.15) is 0 Å². The number of hydrogen-bond donors (Lipinski definition) is 14. The van der Waals surface area contributed by atoms with Crippen LogP contribution in [0.5, 0.6) is 0 Å². The van der Waals surface area contributed by atoms with E-state index in [-0.39, 0.29) is 122 Å². The van der Waals surface area contributed by atoms with Crippen LogP contribution in [0.3, 0.4) is 0 Å². The average Bonchev–Trinajstić information content (AvgIpc) is 3.32. The number of urea groups is 1. The van der Waals surface area contributed by atoms with Gasteiger partial charge < -0.3 is 72.8 Å². The predicted octanol–water partition coefficient (Wildman–Crippen LogP) is -1.68. The van der Waals surface area contributed by atoms with Crippen molar-refractivity contribution >= 4 is 88.6 Å². The number of carboxylic acids is 8. The average molecular weight is 1270 g/mol. The van der Waals surface area contributed by atoms with Crippen molar-refractivity contribution < 1.29 is 130 Å². The number of carboxylic acid groups (broad SMARTS) is 8. The van der Waals surface area contributed by atoms with Crippen LogP contribution in [0.25, 0.3) is 0 Å². The van der Waals surface area contributed by atoms with E-state index < -0.39 is 128 Å². The van der Waals surface area contributed by atoms with Crippen LogP contribution in [0.4, 0.5) is 10.5 Å². The summed E-state index contributed by atoms with van der Waals surface area (Å²) < 4.78 is 0. The number of anilines is 1. The van der Waals surface area contributed by atoms with Crippen LogP contribution in [0.2, 0.25) is 0 Å². The summed E-state index contributed by atoms with van der Waals surface area (Å²) in [5, 5.41) is 90.9. The molecular weight excluding hydrogens is 1200 g/mol. The van der Waals surface area contributed by atoms with Crippen molar-refractivity contribution in [1.29, 1.82) is 0 Å². The Hall–Kier alpha value is -6.05. The second kappa shape index (κ2) is 37.7. The smallest absolute Gasteiger partial charge is 0.326 e. The van der Waals surface area contributed by atoms with Gasteiger partial charge in [0.2, 0.25) is 11.8 Å². The number of carbonyl (C=O) groups is 11. The van der Waals surface area contributed by atoms with E-state index in [0.29, 0.717) is 36.6 Å². The van der Waals surface area contributed by atoms with Crippen LogP contribution >= 0.6 is 12.2 Å². The zero-order chi connectivity index (χ0) is 56.7. The minimum absolute atomic E-state index is 0. The third-order valence-corrected chi connectivity index (χ3v) is 12.0. The van der Waals surface area contributed by atoms with Crippen LogP contribution in [-0.2, 0) is 54.4 Å². The number of unbranched alkanes of at least 4 members (excludes halogenated alkanes) is 3. The molecule has 1 radical (unpaired) electrons. The number of thiocarbonyl (C=S) groups is 1. The fourth-order valence-corrected chi connectivity index (χ4v) is 8.11. The number of aliphatic carboxylic acids is 8. The van der Waals surface area contributed by atoms with E-state index in [4.69, 9.17) is 17.3 Å². The Kier molecular flexibility index (Phi) is 33.7. The fourth-order valence-electron chi connectivity index (χ4n) is 7.89. The Morgan fingerprint density at radius 3 is 1.44 bits per heavy atom. The summed E-state index contributed by atoms with van der Waals surface area (Å²) >= 11 is 5.47. The molecule has 0 saturated carbocycles. The Morgan fingerprint density at radius 1 is 0.519 bits per heavy atom. The molecule has 1 aromatic carbocycles. The summed E-state index contributed by atoms with van der Waals surface area (Å²) in [4.78, 5) is 137. The molecule has 0 aliphatic carbocycles. The van der Waals surface area contributed by atoms with Crippen molar-refractivity contribution in [2.75, 3.05) is 90.4 Å². The molecule has 1 unspecified atom stereocenters. The summed E-state index contributed by atoms with van der Waals surface area (Å²) in [5.41, 5.74) is 1.42. The molecule has 77 heavy (non-hydrogen) atoms. The molecule has 1 fully saturated rings. The summed E-state index contributed by atoms with van der Waals surface area (Å²) in [6, 6.07) is 0.766. The molecule has 0 spiro atoms. The van der Waals surface area contributed by atoms with Gasteiger partial charge in [0.05, 0.1) is 26.2 Å². The molecular formula is C46H70LuN10O19S. The first kappa shape index (κ1) is 69.0. The Bertz CT molecular complexity index is 2160. The molecule has 1 aliphatic rings. The minimum Gasteiger partial charge on any atom is -0.481 e. The normalized spacial score (nSPS) is 16.0. The molecule has 1 heterocycles. The Morgan fingerprint density at radius 2 is 0.961 bits per heavy atom. The predicted molar refractivity (Wildman–Crippen MR) is 270 cm³/mol. The van der Waals surface area contributed by atoms with Crippen molar-refractivity contribution in [2.45, 2.75) is 94.8 Å². The summed E-state index contributed by atoms with van der Waals surface area (Å²) in [5.74, 6) is -11.6. The molecule has 31 heteroatoms. The molecule has 0 aromatic heterocycles. The van der Waals surface area contributed by atoms with Crippen LogP contribution < -0.4 is 31.9 Å². The van der Waals surface area contributed by atoms with E-state index in [1.54, 1.807) is 31.7 Å². The first-order valence-corrected chi connectivity index (χ1v) is 24.8. The summed E-state index contributed by atoms with van der Waals surface area (Å²) in [6.07, 6.45) is 0.00229. The molecule has 2 rings (SSSR count). The monoisotopic (exact) mass is 1270 g/mol. The molecule has 1 aromatic rings. The third kappa shape index (κ3) is 31.7. The van der Waals surface area contributed by atoms with Crippen molar-refractivity contribution in [3.05, 3.63) is 29.8 Å². The van der Waals surface area contributed by atoms with Crippen molar-refractivity contribution in [2.24, 2.45) is 0 Å². The maximum absolute atomic E-state index is 13.0. The van der Waals surface area contributed by atoms with Gasteiger partial charge in [-0.25, -0.2) is 14.4 Å². The number of rotatable bonds is 33. The van der Waals surface area contributed by atoms with E-state index >= 15 is 0 Å². The molecule has 29 nitrogen and oxygen atoms in total. The van der Waals surface area contributed by atoms with Crippen LogP contribution in [0.15, 0.2) is 24.3 Å². The first-order chi connectivity index (χ1) is 35.9. The van der Waals surface area contributed by atoms with Gasteiger partial charge in [-0.1, -0.05) is 25.0 Å². The van der Waals surface area contributed by atoms with Crippen molar-refractivity contribution in [1.82, 2.24) is 46.2 Å². The number of carbonyl (C=O) groups excluding carboxylic acids is 3.